The van der Waals surface area contributed by atoms with Gasteiger partial charge in [-0.3, -0.25) is 0 Å². The van der Waals surface area contributed by atoms with Crippen molar-refractivity contribution in [3.8, 4) is 0 Å². The predicted molar refractivity (Wildman–Crippen MR) is 97.3 cm³/mol. The highest BCUT2D eigenvalue weighted by Gasteiger charge is 2.19. The van der Waals surface area contributed by atoms with Crippen LogP contribution in [0.1, 0.15) is 56.2 Å². The van der Waals surface area contributed by atoms with E-state index in [0.717, 1.165) is 13.0 Å². The lowest BCUT2D eigenvalue weighted by atomic mass is 9.86. The molecule has 0 amide bonds. The van der Waals surface area contributed by atoms with E-state index >= 15 is 0 Å². The minimum absolute atomic E-state index is 0.203. The SMILES string of the molecule is CCCNC(c1ccc(C(C)(C)C)cc1)c1sccc1Br. The van der Waals surface area contributed by atoms with E-state index in [1.54, 1.807) is 11.3 Å². The fraction of sp³-hybridized carbons (Fsp3) is 0.444. The van der Waals surface area contributed by atoms with Gasteiger partial charge in [-0.1, -0.05) is 52.0 Å². The van der Waals surface area contributed by atoms with Gasteiger partial charge in [0, 0.05) is 9.35 Å². The zero-order valence-electron chi connectivity index (χ0n) is 13.2. The van der Waals surface area contributed by atoms with E-state index in [1.165, 1.54) is 20.5 Å². The van der Waals surface area contributed by atoms with Crippen LogP contribution in [0.5, 0.6) is 0 Å². The quantitative estimate of drug-likeness (QED) is 0.695. The summed E-state index contributed by atoms with van der Waals surface area (Å²) in [4.78, 5) is 1.35. The van der Waals surface area contributed by atoms with Gasteiger partial charge in [0.15, 0.2) is 0 Å². The molecule has 0 saturated heterocycles. The molecule has 0 spiro atoms. The van der Waals surface area contributed by atoms with Gasteiger partial charge >= 0.3 is 0 Å². The third kappa shape index (κ3) is 4.18. The largest absolute Gasteiger partial charge is 0.306 e. The van der Waals surface area contributed by atoms with Gasteiger partial charge in [0.25, 0.3) is 0 Å². The maximum atomic E-state index is 3.67. The van der Waals surface area contributed by atoms with Gasteiger partial charge in [-0.25, -0.2) is 0 Å². The van der Waals surface area contributed by atoms with Gasteiger partial charge in [0.1, 0.15) is 0 Å². The van der Waals surface area contributed by atoms with Crippen LogP contribution < -0.4 is 5.32 Å². The molecule has 0 saturated carbocycles. The molecule has 2 rings (SSSR count). The molecule has 21 heavy (non-hydrogen) atoms. The Balaban J connectivity index is 2.31. The van der Waals surface area contributed by atoms with Crippen molar-refractivity contribution in [1.29, 1.82) is 0 Å². The predicted octanol–water partition coefficient (Wildman–Crippen LogP) is 5.90. The van der Waals surface area contributed by atoms with Crippen molar-refractivity contribution in [2.24, 2.45) is 0 Å². The molecule has 0 fully saturated rings. The molecular weight excluding hydrogens is 342 g/mol. The van der Waals surface area contributed by atoms with E-state index in [2.05, 4.69) is 84.7 Å². The lowest BCUT2D eigenvalue weighted by Gasteiger charge is -2.22. The summed E-state index contributed by atoms with van der Waals surface area (Å²) in [6.07, 6.45) is 1.14. The average molecular weight is 366 g/mol. The summed E-state index contributed by atoms with van der Waals surface area (Å²) in [5.74, 6) is 0. The average Bonchev–Trinajstić information content (AvgIpc) is 2.85. The number of hydrogen-bond acceptors (Lipinski definition) is 2. The van der Waals surface area contributed by atoms with Gasteiger partial charge < -0.3 is 5.32 Å². The van der Waals surface area contributed by atoms with Gasteiger partial charge in [-0.2, -0.15) is 0 Å². The summed E-state index contributed by atoms with van der Waals surface area (Å²) in [5.41, 5.74) is 2.92. The molecule has 2 aromatic rings. The molecule has 0 radical (unpaired) electrons. The Labute approximate surface area is 140 Å². The van der Waals surface area contributed by atoms with E-state index in [4.69, 9.17) is 0 Å². The van der Waals surface area contributed by atoms with E-state index in [9.17, 15) is 0 Å². The normalized spacial score (nSPS) is 13.4. The number of nitrogens with one attached hydrogen (secondary N) is 1. The first-order valence-corrected chi connectivity index (χ1v) is 9.17. The lowest BCUT2D eigenvalue weighted by Crippen LogP contribution is -2.23. The minimum atomic E-state index is 0.203. The van der Waals surface area contributed by atoms with E-state index in [0.29, 0.717) is 0 Å². The summed E-state index contributed by atoms with van der Waals surface area (Å²) in [5, 5.41) is 5.81. The molecule has 1 N–H and O–H groups in total. The number of benzene rings is 1. The first kappa shape index (κ1) is 16.7. The van der Waals surface area contributed by atoms with E-state index in [1.807, 2.05) is 0 Å². The van der Waals surface area contributed by atoms with Crippen molar-refractivity contribution in [3.63, 3.8) is 0 Å². The Morgan fingerprint density at radius 1 is 1.14 bits per heavy atom. The molecular formula is C18H24BrNS. The van der Waals surface area contributed by atoms with Crippen molar-refractivity contribution < 1.29 is 0 Å². The van der Waals surface area contributed by atoms with Crippen molar-refractivity contribution in [2.75, 3.05) is 6.54 Å². The maximum Gasteiger partial charge on any atom is 0.0682 e. The standard InChI is InChI=1S/C18H24BrNS/c1-5-11-20-16(17-15(19)10-12-21-17)13-6-8-14(9-7-13)18(2,3)4/h6-10,12,16,20H,5,11H2,1-4H3. The van der Waals surface area contributed by atoms with Gasteiger partial charge in [0.2, 0.25) is 0 Å². The first-order valence-electron chi connectivity index (χ1n) is 7.50. The van der Waals surface area contributed by atoms with Crippen LogP contribution in [0.2, 0.25) is 0 Å². The van der Waals surface area contributed by atoms with Crippen LogP contribution in [0.3, 0.4) is 0 Å². The molecule has 1 nitrogen and oxygen atoms in total. The molecule has 0 aliphatic carbocycles. The highest BCUT2D eigenvalue weighted by atomic mass is 79.9. The number of rotatable bonds is 5. The molecule has 1 heterocycles. The smallest absolute Gasteiger partial charge is 0.0682 e. The maximum absolute atomic E-state index is 3.67. The molecule has 1 aromatic heterocycles. The number of thiophene rings is 1. The highest BCUT2D eigenvalue weighted by molar-refractivity contribution is 9.10. The van der Waals surface area contributed by atoms with Crippen LogP contribution in [0.15, 0.2) is 40.2 Å². The van der Waals surface area contributed by atoms with Crippen molar-refractivity contribution in [2.45, 2.75) is 45.6 Å². The Kier molecular flexibility index (Phi) is 5.64. The Hall–Kier alpha value is -0.640. The van der Waals surface area contributed by atoms with Crippen LogP contribution >= 0.6 is 27.3 Å². The number of hydrogen-bond donors (Lipinski definition) is 1. The zero-order chi connectivity index (χ0) is 15.5. The molecule has 0 aliphatic rings. The number of halogens is 1. The van der Waals surface area contributed by atoms with Crippen molar-refractivity contribution >= 4 is 27.3 Å². The summed E-state index contributed by atoms with van der Waals surface area (Å²) in [6.45, 7) is 9.99. The molecule has 0 aliphatic heterocycles. The van der Waals surface area contributed by atoms with Crippen LogP contribution in [0, 0.1) is 0 Å². The third-order valence-electron chi connectivity index (χ3n) is 3.62. The summed E-state index contributed by atoms with van der Waals surface area (Å²) in [6, 6.07) is 11.5. The van der Waals surface area contributed by atoms with E-state index < -0.39 is 0 Å². The first-order chi connectivity index (χ1) is 9.93. The van der Waals surface area contributed by atoms with Crippen LogP contribution in [-0.4, -0.2) is 6.54 Å². The lowest BCUT2D eigenvalue weighted by molar-refractivity contribution is 0.585. The molecule has 114 valence electrons. The minimum Gasteiger partial charge on any atom is -0.306 e. The highest BCUT2D eigenvalue weighted by Crippen LogP contribution is 2.34. The fourth-order valence-electron chi connectivity index (χ4n) is 2.34. The monoisotopic (exact) mass is 365 g/mol. The summed E-state index contributed by atoms with van der Waals surface area (Å²) < 4.78 is 1.20. The summed E-state index contributed by atoms with van der Waals surface area (Å²) >= 11 is 5.48. The Bertz CT molecular complexity index is 566. The summed E-state index contributed by atoms with van der Waals surface area (Å²) in [7, 11) is 0. The molecule has 3 heteroatoms. The van der Waals surface area contributed by atoms with E-state index in [-0.39, 0.29) is 11.5 Å². The molecule has 1 atom stereocenters. The van der Waals surface area contributed by atoms with Crippen molar-refractivity contribution in [3.05, 3.63) is 56.2 Å². The Morgan fingerprint density at radius 2 is 1.81 bits per heavy atom. The van der Waals surface area contributed by atoms with Crippen LogP contribution in [0.25, 0.3) is 0 Å². The second-order valence-corrected chi connectivity index (χ2v) is 8.19. The third-order valence-corrected chi connectivity index (χ3v) is 5.55. The topological polar surface area (TPSA) is 12.0 Å². The van der Waals surface area contributed by atoms with Crippen LogP contribution in [0.4, 0.5) is 0 Å². The fourth-order valence-corrected chi connectivity index (χ4v) is 4.04. The zero-order valence-corrected chi connectivity index (χ0v) is 15.6. The van der Waals surface area contributed by atoms with Crippen LogP contribution in [-0.2, 0) is 5.41 Å². The molecule has 1 unspecified atom stereocenters. The molecule has 0 bridgehead atoms. The second kappa shape index (κ2) is 7.08. The second-order valence-electron chi connectivity index (χ2n) is 6.39. The van der Waals surface area contributed by atoms with Gasteiger partial charge in [-0.05, 0) is 56.9 Å². The van der Waals surface area contributed by atoms with Gasteiger partial charge in [-0.15, -0.1) is 11.3 Å². The Morgan fingerprint density at radius 3 is 2.29 bits per heavy atom. The van der Waals surface area contributed by atoms with Gasteiger partial charge in [0.05, 0.1) is 6.04 Å². The molecule has 1 aromatic carbocycles. The van der Waals surface area contributed by atoms with Crippen molar-refractivity contribution in [1.82, 2.24) is 5.32 Å².